The fourth-order valence-corrected chi connectivity index (χ4v) is 3.50. The molecule has 10 heteroatoms. The maximum Gasteiger partial charge on any atom is 0.278 e. The molecule has 27 heavy (non-hydrogen) atoms. The Kier molecular flexibility index (Phi) is 5.20. The first kappa shape index (κ1) is 19.3. The van der Waals surface area contributed by atoms with Gasteiger partial charge in [0.05, 0.1) is 6.54 Å². The van der Waals surface area contributed by atoms with Crippen LogP contribution in [0.2, 0.25) is 0 Å². The highest BCUT2D eigenvalue weighted by molar-refractivity contribution is 7.98. The third-order valence-corrected chi connectivity index (χ3v) is 4.90. The van der Waals surface area contributed by atoms with Crippen molar-refractivity contribution in [2.24, 2.45) is 4.36 Å². The maximum absolute atomic E-state index is 12.8. The second-order valence-corrected chi connectivity index (χ2v) is 9.48. The quantitative estimate of drug-likeness (QED) is 0.368. The lowest BCUT2D eigenvalue weighted by Crippen LogP contribution is -2.22. The molecule has 0 aliphatic heterocycles. The van der Waals surface area contributed by atoms with Gasteiger partial charge in [0.15, 0.2) is 22.4 Å². The van der Waals surface area contributed by atoms with Crippen molar-refractivity contribution in [3.8, 4) is 5.82 Å². The molecule has 0 radical (unpaired) electrons. The monoisotopic (exact) mass is 404 g/mol. The Bertz CT molecular complexity index is 1210. The van der Waals surface area contributed by atoms with E-state index in [1.807, 2.05) is 19.2 Å². The van der Waals surface area contributed by atoms with E-state index in [9.17, 15) is 9.00 Å². The van der Waals surface area contributed by atoms with E-state index in [0.29, 0.717) is 27.8 Å². The van der Waals surface area contributed by atoms with Gasteiger partial charge in [0.25, 0.3) is 5.56 Å². The minimum atomic E-state index is -2.37. The van der Waals surface area contributed by atoms with Crippen LogP contribution in [0.4, 0.5) is 5.82 Å². The first-order chi connectivity index (χ1) is 12.7. The van der Waals surface area contributed by atoms with Gasteiger partial charge in [-0.25, -0.2) is 28.5 Å². The Morgan fingerprint density at radius 1 is 1.33 bits per heavy atom. The van der Waals surface area contributed by atoms with Gasteiger partial charge in [0.2, 0.25) is 0 Å². The van der Waals surface area contributed by atoms with E-state index in [-0.39, 0.29) is 12.1 Å². The topological polar surface area (TPSA) is 95.0 Å². The van der Waals surface area contributed by atoms with E-state index in [2.05, 4.69) is 25.9 Å². The lowest BCUT2D eigenvalue weighted by Gasteiger charge is -2.13. The number of hydrogen-bond donors (Lipinski definition) is 0. The number of fused-ring (bicyclic) bond motifs is 1. The van der Waals surface area contributed by atoms with Gasteiger partial charge in [0.1, 0.15) is 5.39 Å². The Balaban J connectivity index is 2.41. The molecule has 0 aliphatic carbocycles. The Morgan fingerprint density at radius 2 is 2.07 bits per heavy atom. The predicted octanol–water partition coefficient (Wildman–Crippen LogP) is 2.55. The van der Waals surface area contributed by atoms with Crippen molar-refractivity contribution in [1.82, 2.24) is 24.3 Å². The molecule has 0 fully saturated rings. The smallest absolute Gasteiger partial charge is 0.267 e. The number of pyridine rings is 1. The SMILES string of the molecule is C=CCn1c(=O)c2cnc(SC)nc2n1-c1nc(N=S(C)(C)=O)ccc1C. The van der Waals surface area contributed by atoms with Crippen molar-refractivity contribution in [2.75, 3.05) is 18.8 Å². The molecule has 8 nitrogen and oxygen atoms in total. The zero-order valence-electron chi connectivity index (χ0n) is 15.5. The summed E-state index contributed by atoms with van der Waals surface area (Å²) >= 11 is 1.39. The zero-order chi connectivity index (χ0) is 19.8. The van der Waals surface area contributed by atoms with Crippen molar-refractivity contribution in [3.63, 3.8) is 0 Å². The molecule has 0 aliphatic rings. The van der Waals surface area contributed by atoms with Crippen LogP contribution in [0.25, 0.3) is 16.9 Å². The van der Waals surface area contributed by atoms with Crippen LogP contribution in [-0.4, -0.2) is 47.3 Å². The minimum absolute atomic E-state index is 0.226. The second-order valence-electron chi connectivity index (χ2n) is 6.16. The van der Waals surface area contributed by atoms with E-state index in [4.69, 9.17) is 0 Å². The van der Waals surface area contributed by atoms with Gasteiger partial charge in [-0.1, -0.05) is 23.9 Å². The van der Waals surface area contributed by atoms with Gasteiger partial charge in [-0.15, -0.1) is 6.58 Å². The molecule has 3 heterocycles. The van der Waals surface area contributed by atoms with Crippen LogP contribution in [0, 0.1) is 6.92 Å². The summed E-state index contributed by atoms with van der Waals surface area (Å²) in [4.78, 5) is 26.1. The fraction of sp³-hybridized carbons (Fsp3) is 0.294. The van der Waals surface area contributed by atoms with Crippen molar-refractivity contribution < 1.29 is 4.21 Å². The molecule has 0 saturated heterocycles. The lowest BCUT2D eigenvalue weighted by molar-refractivity contribution is 0.594. The summed E-state index contributed by atoms with van der Waals surface area (Å²) in [6.07, 6.45) is 8.12. The number of rotatable bonds is 5. The van der Waals surface area contributed by atoms with Crippen molar-refractivity contribution >= 4 is 38.3 Å². The summed E-state index contributed by atoms with van der Waals surface area (Å²) in [5, 5.41) is 0.948. The molecular weight excluding hydrogens is 384 g/mol. The molecule has 3 aromatic rings. The summed E-state index contributed by atoms with van der Waals surface area (Å²) in [6.45, 7) is 5.90. The first-order valence-electron chi connectivity index (χ1n) is 8.03. The molecule has 0 aromatic carbocycles. The number of thioether (sulfide) groups is 1. The molecule has 0 saturated carbocycles. The maximum atomic E-state index is 12.8. The number of allylic oxidation sites excluding steroid dienone is 1. The Hall–Kier alpha value is -2.46. The first-order valence-corrected chi connectivity index (χ1v) is 11.6. The number of aryl methyl sites for hydroxylation is 1. The van der Waals surface area contributed by atoms with Crippen LogP contribution in [0.15, 0.2) is 45.3 Å². The summed E-state index contributed by atoms with van der Waals surface area (Å²) in [5.41, 5.74) is 1.06. The van der Waals surface area contributed by atoms with Crippen LogP contribution in [0.1, 0.15) is 5.56 Å². The molecule has 3 rings (SSSR count). The minimum Gasteiger partial charge on any atom is -0.267 e. The normalized spacial score (nSPS) is 11.7. The Labute approximate surface area is 161 Å². The highest BCUT2D eigenvalue weighted by Gasteiger charge is 2.19. The zero-order valence-corrected chi connectivity index (χ0v) is 17.2. The van der Waals surface area contributed by atoms with Gasteiger partial charge < -0.3 is 0 Å². The fourth-order valence-electron chi connectivity index (χ4n) is 2.61. The molecule has 0 unspecified atom stereocenters. The van der Waals surface area contributed by atoms with Gasteiger partial charge >= 0.3 is 0 Å². The van der Waals surface area contributed by atoms with E-state index in [0.717, 1.165) is 5.56 Å². The van der Waals surface area contributed by atoms with Crippen LogP contribution in [0.5, 0.6) is 0 Å². The number of nitrogens with zero attached hydrogens (tertiary/aromatic N) is 6. The van der Waals surface area contributed by atoms with Crippen molar-refractivity contribution in [3.05, 3.63) is 46.9 Å². The van der Waals surface area contributed by atoms with Crippen LogP contribution in [0.3, 0.4) is 0 Å². The molecular formula is C17H20N6O2S2. The molecule has 0 bridgehead atoms. The van der Waals surface area contributed by atoms with Crippen LogP contribution >= 0.6 is 11.8 Å². The highest BCUT2D eigenvalue weighted by Crippen LogP contribution is 2.22. The largest absolute Gasteiger partial charge is 0.278 e. The molecule has 0 amide bonds. The van der Waals surface area contributed by atoms with Crippen molar-refractivity contribution in [1.29, 1.82) is 0 Å². The highest BCUT2D eigenvalue weighted by atomic mass is 32.2. The van der Waals surface area contributed by atoms with Crippen LogP contribution < -0.4 is 5.56 Å². The third kappa shape index (κ3) is 3.81. The molecule has 0 spiro atoms. The second kappa shape index (κ2) is 7.28. The van der Waals surface area contributed by atoms with Gasteiger partial charge in [0, 0.05) is 28.4 Å². The van der Waals surface area contributed by atoms with E-state index >= 15 is 0 Å². The molecule has 0 N–H and O–H groups in total. The van der Waals surface area contributed by atoms with Crippen molar-refractivity contribution in [2.45, 2.75) is 18.6 Å². The lowest BCUT2D eigenvalue weighted by atomic mass is 10.3. The Morgan fingerprint density at radius 3 is 2.70 bits per heavy atom. The van der Waals surface area contributed by atoms with E-state index in [1.54, 1.807) is 29.3 Å². The number of aromatic nitrogens is 5. The summed E-state index contributed by atoms with van der Waals surface area (Å²) in [5.74, 6) is 0.837. The van der Waals surface area contributed by atoms with Gasteiger partial charge in [-0.05, 0) is 24.8 Å². The number of hydrogen-bond acceptors (Lipinski definition) is 7. The van der Waals surface area contributed by atoms with E-state index in [1.165, 1.54) is 22.6 Å². The average Bonchev–Trinajstić information content (AvgIpc) is 2.87. The third-order valence-electron chi connectivity index (χ3n) is 3.71. The molecule has 0 atom stereocenters. The van der Waals surface area contributed by atoms with Crippen LogP contribution in [-0.2, 0) is 16.3 Å². The molecule has 142 valence electrons. The summed E-state index contributed by atoms with van der Waals surface area (Å²) in [7, 11) is -2.37. The van der Waals surface area contributed by atoms with E-state index < -0.39 is 9.73 Å². The van der Waals surface area contributed by atoms with Gasteiger partial charge in [-0.3, -0.25) is 4.79 Å². The van der Waals surface area contributed by atoms with Gasteiger partial charge in [-0.2, -0.15) is 4.36 Å². The molecule has 3 aromatic heterocycles. The standard InChI is InChI=1S/C17H20N6O2S2/c1-6-9-22-16(24)12-10-18-17(26-3)20-15(12)23(22)14-11(2)7-8-13(19-14)21-27(4,5)25/h6-8,10H,1,9H2,2-5H3. The summed E-state index contributed by atoms with van der Waals surface area (Å²) < 4.78 is 19.4. The summed E-state index contributed by atoms with van der Waals surface area (Å²) in [6, 6.07) is 3.53. The average molecular weight is 405 g/mol. The predicted molar refractivity (Wildman–Crippen MR) is 110 cm³/mol.